The van der Waals surface area contributed by atoms with Crippen molar-refractivity contribution in [3.8, 4) is 0 Å². The van der Waals surface area contributed by atoms with Crippen LogP contribution in [0.4, 0.5) is 0 Å². The second kappa shape index (κ2) is 8.15. The van der Waals surface area contributed by atoms with Crippen LogP contribution in [0.1, 0.15) is 47.0 Å². The van der Waals surface area contributed by atoms with E-state index in [4.69, 9.17) is 9.47 Å². The molecule has 0 aliphatic carbocycles. The smallest absolute Gasteiger partial charge is 0.309 e. The largest absolute Gasteiger partial charge is 0.498 e. The van der Waals surface area contributed by atoms with Crippen LogP contribution in [0.3, 0.4) is 0 Å². The Kier molecular flexibility index (Phi) is 7.68. The molecule has 0 aromatic heterocycles. The number of carbonyl (C=O) groups excluding carboxylic acids is 1. The Labute approximate surface area is 105 Å². The van der Waals surface area contributed by atoms with Crippen molar-refractivity contribution < 1.29 is 14.3 Å². The van der Waals surface area contributed by atoms with Crippen molar-refractivity contribution in [1.29, 1.82) is 0 Å². The number of carbonyl (C=O) groups is 1. The van der Waals surface area contributed by atoms with Gasteiger partial charge in [-0.1, -0.05) is 47.1 Å². The van der Waals surface area contributed by atoms with Gasteiger partial charge >= 0.3 is 5.97 Å². The van der Waals surface area contributed by atoms with Crippen LogP contribution >= 0.6 is 0 Å². The van der Waals surface area contributed by atoms with E-state index in [0.29, 0.717) is 13.2 Å². The molecule has 100 valence electrons. The molecule has 17 heavy (non-hydrogen) atoms. The highest BCUT2D eigenvalue weighted by Crippen LogP contribution is 2.31. The summed E-state index contributed by atoms with van der Waals surface area (Å²) < 4.78 is 10.1. The molecule has 0 aromatic rings. The zero-order valence-corrected chi connectivity index (χ0v) is 11.6. The van der Waals surface area contributed by atoms with Crippen molar-refractivity contribution in [2.24, 2.45) is 11.3 Å². The minimum atomic E-state index is -0.112. The van der Waals surface area contributed by atoms with Crippen LogP contribution < -0.4 is 0 Å². The van der Waals surface area contributed by atoms with E-state index in [1.54, 1.807) is 0 Å². The quantitative estimate of drug-likeness (QED) is 0.371. The molecule has 1 unspecified atom stereocenters. The molecule has 0 rings (SSSR count). The van der Waals surface area contributed by atoms with Gasteiger partial charge in [-0.2, -0.15) is 0 Å². The zero-order chi connectivity index (χ0) is 13.3. The van der Waals surface area contributed by atoms with E-state index in [0.717, 1.165) is 19.3 Å². The summed E-state index contributed by atoms with van der Waals surface area (Å²) in [7, 11) is 0. The first-order chi connectivity index (χ1) is 7.93. The van der Waals surface area contributed by atoms with E-state index in [2.05, 4.69) is 34.3 Å². The monoisotopic (exact) mass is 242 g/mol. The second-order valence-electron chi connectivity index (χ2n) is 5.27. The first-order valence-electron chi connectivity index (χ1n) is 6.32. The van der Waals surface area contributed by atoms with Gasteiger partial charge in [-0.25, -0.2) is 0 Å². The molecule has 1 atom stereocenters. The van der Waals surface area contributed by atoms with Crippen LogP contribution in [-0.4, -0.2) is 19.2 Å². The molecule has 0 N–H and O–H groups in total. The maximum atomic E-state index is 12.0. The van der Waals surface area contributed by atoms with E-state index in [1.165, 1.54) is 6.26 Å². The molecule has 0 fully saturated rings. The Morgan fingerprint density at radius 3 is 2.47 bits per heavy atom. The predicted octanol–water partition coefficient (Wildman–Crippen LogP) is 3.54. The third kappa shape index (κ3) is 7.03. The Morgan fingerprint density at radius 2 is 2.00 bits per heavy atom. The summed E-state index contributed by atoms with van der Waals surface area (Å²) in [5.74, 6) is -0.148. The van der Waals surface area contributed by atoms with Crippen molar-refractivity contribution in [1.82, 2.24) is 0 Å². The highest BCUT2D eigenvalue weighted by atomic mass is 16.6. The molecule has 0 bridgehead atoms. The minimum absolute atomic E-state index is 0.0359. The van der Waals surface area contributed by atoms with E-state index >= 15 is 0 Å². The van der Waals surface area contributed by atoms with Gasteiger partial charge in [0, 0.05) is 0 Å². The number of esters is 1. The molecular weight excluding hydrogens is 216 g/mol. The second-order valence-corrected chi connectivity index (χ2v) is 5.27. The first-order valence-corrected chi connectivity index (χ1v) is 6.32. The lowest BCUT2D eigenvalue weighted by atomic mass is 9.78. The number of hydrogen-bond acceptors (Lipinski definition) is 3. The van der Waals surface area contributed by atoms with Gasteiger partial charge in [0.1, 0.15) is 13.2 Å². The van der Waals surface area contributed by atoms with Gasteiger partial charge in [0.2, 0.25) is 0 Å². The van der Waals surface area contributed by atoms with Crippen LogP contribution in [0.2, 0.25) is 0 Å². The standard InChI is InChI=1S/C14H26O3/c1-6-8-9-12(14(3,4)5)13(15)17-11-10-16-7-2/h7,12H,2,6,8-11H2,1,3-5H3. The van der Waals surface area contributed by atoms with E-state index in [9.17, 15) is 4.79 Å². The molecule has 0 heterocycles. The lowest BCUT2D eigenvalue weighted by molar-refractivity contribution is -0.153. The Hall–Kier alpha value is -0.990. The van der Waals surface area contributed by atoms with Gasteiger partial charge < -0.3 is 9.47 Å². The maximum Gasteiger partial charge on any atom is 0.309 e. The zero-order valence-electron chi connectivity index (χ0n) is 11.6. The molecule has 0 aliphatic rings. The van der Waals surface area contributed by atoms with E-state index in [-0.39, 0.29) is 17.3 Å². The fraction of sp³-hybridized carbons (Fsp3) is 0.786. The van der Waals surface area contributed by atoms with Crippen LogP contribution in [-0.2, 0) is 14.3 Å². The Bertz CT molecular complexity index is 228. The third-order valence-electron chi connectivity index (χ3n) is 2.74. The lowest BCUT2D eigenvalue weighted by Gasteiger charge is -2.28. The molecule has 3 heteroatoms. The van der Waals surface area contributed by atoms with Crippen molar-refractivity contribution in [2.75, 3.05) is 13.2 Å². The molecule has 0 saturated heterocycles. The van der Waals surface area contributed by atoms with Gasteiger partial charge in [0.25, 0.3) is 0 Å². The maximum absolute atomic E-state index is 12.0. The van der Waals surface area contributed by atoms with Crippen LogP contribution in [0.5, 0.6) is 0 Å². The average Bonchev–Trinajstić information content (AvgIpc) is 2.23. The van der Waals surface area contributed by atoms with Crippen LogP contribution in [0.15, 0.2) is 12.8 Å². The fourth-order valence-electron chi connectivity index (χ4n) is 1.69. The minimum Gasteiger partial charge on any atom is -0.498 e. The Morgan fingerprint density at radius 1 is 1.35 bits per heavy atom. The molecule has 0 saturated carbocycles. The summed E-state index contributed by atoms with van der Waals surface area (Å²) in [6, 6.07) is 0. The molecule has 3 nitrogen and oxygen atoms in total. The number of ether oxygens (including phenoxy) is 2. The molecule has 0 amide bonds. The van der Waals surface area contributed by atoms with Gasteiger partial charge in [-0.05, 0) is 11.8 Å². The average molecular weight is 242 g/mol. The van der Waals surface area contributed by atoms with Crippen LogP contribution in [0, 0.1) is 11.3 Å². The molecular formula is C14H26O3. The highest BCUT2D eigenvalue weighted by Gasteiger charge is 2.31. The first kappa shape index (κ1) is 16.0. The van der Waals surface area contributed by atoms with E-state index < -0.39 is 0 Å². The predicted molar refractivity (Wildman–Crippen MR) is 69.6 cm³/mol. The summed E-state index contributed by atoms with van der Waals surface area (Å²) in [4.78, 5) is 12.0. The molecule has 0 aliphatic heterocycles. The van der Waals surface area contributed by atoms with E-state index in [1.807, 2.05) is 0 Å². The summed E-state index contributed by atoms with van der Waals surface area (Å²) in [5, 5.41) is 0. The summed E-state index contributed by atoms with van der Waals surface area (Å²) in [6.45, 7) is 12.5. The number of rotatable bonds is 8. The summed E-state index contributed by atoms with van der Waals surface area (Å²) in [5.41, 5.74) is -0.0501. The third-order valence-corrected chi connectivity index (χ3v) is 2.74. The molecule has 0 radical (unpaired) electrons. The van der Waals surface area contributed by atoms with Gasteiger partial charge in [-0.3, -0.25) is 4.79 Å². The van der Waals surface area contributed by atoms with Gasteiger partial charge in [0.15, 0.2) is 0 Å². The van der Waals surface area contributed by atoms with Gasteiger partial charge in [-0.15, -0.1) is 0 Å². The highest BCUT2D eigenvalue weighted by molar-refractivity contribution is 5.73. The SMILES string of the molecule is C=COCCOC(=O)C(CCCC)C(C)(C)C. The van der Waals surface area contributed by atoms with Crippen molar-refractivity contribution in [2.45, 2.75) is 47.0 Å². The lowest BCUT2D eigenvalue weighted by Crippen LogP contribution is -2.31. The summed E-state index contributed by atoms with van der Waals surface area (Å²) in [6.07, 6.45) is 4.40. The van der Waals surface area contributed by atoms with Crippen molar-refractivity contribution in [3.05, 3.63) is 12.8 Å². The summed E-state index contributed by atoms with van der Waals surface area (Å²) >= 11 is 0. The fourth-order valence-corrected chi connectivity index (χ4v) is 1.69. The van der Waals surface area contributed by atoms with Crippen molar-refractivity contribution in [3.63, 3.8) is 0 Å². The normalized spacial score (nSPS) is 12.9. The molecule has 0 spiro atoms. The number of unbranched alkanes of at least 4 members (excludes halogenated alkanes) is 1. The van der Waals surface area contributed by atoms with Crippen LogP contribution in [0.25, 0.3) is 0 Å². The number of hydrogen-bond donors (Lipinski definition) is 0. The Balaban J connectivity index is 4.18. The topological polar surface area (TPSA) is 35.5 Å². The van der Waals surface area contributed by atoms with Crippen molar-refractivity contribution >= 4 is 5.97 Å². The van der Waals surface area contributed by atoms with Gasteiger partial charge in [0.05, 0.1) is 12.2 Å². The molecule has 0 aromatic carbocycles.